The predicted octanol–water partition coefficient (Wildman–Crippen LogP) is 5.75. The van der Waals surface area contributed by atoms with Gasteiger partial charge >= 0.3 is 12.8 Å². The average molecular weight is 593 g/mol. The summed E-state index contributed by atoms with van der Waals surface area (Å²) in [6.07, 6.45) is 2.73. The van der Waals surface area contributed by atoms with Crippen molar-refractivity contribution in [2.45, 2.75) is 57.0 Å². The van der Waals surface area contributed by atoms with E-state index in [9.17, 15) is 22.0 Å². The Kier molecular flexibility index (Phi) is 7.06. The number of halogens is 6. The number of imidazole rings is 1. The van der Waals surface area contributed by atoms with E-state index in [1.807, 2.05) is 0 Å². The van der Waals surface area contributed by atoms with Crippen molar-refractivity contribution in [2.75, 3.05) is 7.11 Å². The summed E-state index contributed by atoms with van der Waals surface area (Å²) in [6, 6.07) is 0.871. The molecule has 10 nitrogen and oxygen atoms in total. The van der Waals surface area contributed by atoms with Crippen LogP contribution in [0.4, 0.5) is 26.3 Å². The topological polar surface area (TPSA) is 110 Å². The fraction of sp³-hybridized carbons (Fsp3) is 0.385. The van der Waals surface area contributed by atoms with Crippen LogP contribution >= 0.6 is 0 Å². The maximum atomic E-state index is 15.1. The summed E-state index contributed by atoms with van der Waals surface area (Å²) >= 11 is 0. The Hall–Kier alpha value is -4.50. The van der Waals surface area contributed by atoms with E-state index in [4.69, 9.17) is 9.47 Å². The molecule has 0 radical (unpaired) electrons. The first kappa shape index (κ1) is 27.7. The van der Waals surface area contributed by atoms with Gasteiger partial charge in [0.25, 0.3) is 5.88 Å². The molecule has 2 aliphatic rings. The molecular weight excluding hydrogens is 572 g/mol. The Morgan fingerprint density at radius 2 is 1.79 bits per heavy atom. The largest absolute Gasteiger partial charge is 0.490 e. The normalized spacial score (nSPS) is 15.2. The van der Waals surface area contributed by atoms with Crippen molar-refractivity contribution in [3.05, 3.63) is 53.8 Å². The monoisotopic (exact) mass is 593 g/mol. The quantitative estimate of drug-likeness (QED) is 0.212. The van der Waals surface area contributed by atoms with E-state index in [0.717, 1.165) is 31.4 Å². The first-order valence-corrected chi connectivity index (χ1v) is 12.8. The third-order valence-corrected chi connectivity index (χ3v) is 6.62. The highest BCUT2D eigenvalue weighted by molar-refractivity contribution is 5.66. The maximum absolute atomic E-state index is 15.1. The summed E-state index contributed by atoms with van der Waals surface area (Å²) in [5.74, 6) is -1.54. The molecule has 4 aromatic heterocycles. The van der Waals surface area contributed by atoms with Crippen LogP contribution in [0.5, 0.6) is 17.5 Å². The molecule has 0 spiro atoms. The highest BCUT2D eigenvalue weighted by Crippen LogP contribution is 2.46. The highest BCUT2D eigenvalue weighted by Gasteiger charge is 2.38. The van der Waals surface area contributed by atoms with Crippen molar-refractivity contribution >= 4 is 0 Å². The lowest BCUT2D eigenvalue weighted by molar-refractivity contribution is -0.140. The van der Waals surface area contributed by atoms with Gasteiger partial charge in [-0.3, -0.25) is 0 Å². The van der Waals surface area contributed by atoms with Crippen LogP contribution in [0, 0.1) is 5.82 Å². The first-order chi connectivity index (χ1) is 20.1. The summed E-state index contributed by atoms with van der Waals surface area (Å²) in [4.78, 5) is 24.2. The molecular formula is C26H21F6N7O3. The van der Waals surface area contributed by atoms with E-state index in [-0.39, 0.29) is 58.7 Å². The molecule has 0 amide bonds. The van der Waals surface area contributed by atoms with E-state index < -0.39 is 30.2 Å². The van der Waals surface area contributed by atoms with Gasteiger partial charge in [-0.15, -0.1) is 0 Å². The molecule has 220 valence electrons. The molecule has 4 heterocycles. The Morgan fingerprint density at radius 1 is 1.00 bits per heavy atom. The van der Waals surface area contributed by atoms with Crippen molar-refractivity contribution < 1.29 is 40.6 Å². The molecule has 0 unspecified atom stereocenters. The van der Waals surface area contributed by atoms with Crippen molar-refractivity contribution in [2.24, 2.45) is 0 Å². The van der Waals surface area contributed by atoms with Crippen LogP contribution in [0.3, 0.4) is 0 Å². The lowest BCUT2D eigenvalue weighted by Gasteiger charge is -2.14. The number of hydrogen-bond acceptors (Lipinski definition) is 9. The Balaban J connectivity index is 1.27. The zero-order chi connectivity index (χ0) is 29.6. The SMILES string of the molecule is COc1cnc(-c2c(OC(F)F)ncnc2C2CC2)nc1OCc1cnc(-c2nc(C(F)(F)F)cn2C2CC2)c(F)c1. The Bertz CT molecular complexity index is 1620. The van der Waals surface area contributed by atoms with Gasteiger partial charge in [-0.05, 0) is 31.7 Å². The van der Waals surface area contributed by atoms with Gasteiger partial charge in [0.15, 0.2) is 28.9 Å². The number of hydrogen-bond donors (Lipinski definition) is 0. The molecule has 2 saturated carbocycles. The number of aromatic nitrogens is 7. The van der Waals surface area contributed by atoms with Crippen LogP contribution in [0.25, 0.3) is 22.9 Å². The molecule has 0 aromatic carbocycles. The molecule has 0 saturated heterocycles. The summed E-state index contributed by atoms with van der Waals surface area (Å²) in [6.45, 7) is -3.42. The van der Waals surface area contributed by atoms with Gasteiger partial charge in [0.05, 0.1) is 19.0 Å². The van der Waals surface area contributed by atoms with Crippen LogP contribution < -0.4 is 14.2 Å². The van der Waals surface area contributed by atoms with Crippen molar-refractivity contribution in [1.29, 1.82) is 0 Å². The standard InChI is InChI=1S/C26H21F6N7O3/c1-40-16-8-34-21(18-19(13-2-3-13)35-11-36-24(18)42-25(28)29)38-23(16)41-10-12-6-15(27)20(33-7-12)22-37-17(26(30,31)32)9-39(22)14-4-5-14/h6-9,11,13-14,25H,2-5,10H2,1H3. The number of nitrogens with zero attached hydrogens (tertiary/aromatic N) is 7. The molecule has 2 fully saturated rings. The van der Waals surface area contributed by atoms with Gasteiger partial charge in [-0.2, -0.15) is 26.9 Å². The summed E-state index contributed by atoms with van der Waals surface area (Å²) in [5.41, 5.74) is -0.680. The minimum Gasteiger partial charge on any atom is -0.490 e. The van der Waals surface area contributed by atoms with Gasteiger partial charge < -0.3 is 18.8 Å². The number of methoxy groups -OCH3 is 1. The van der Waals surface area contributed by atoms with Gasteiger partial charge in [0.2, 0.25) is 5.88 Å². The second-order valence-corrected chi connectivity index (χ2v) is 9.71. The first-order valence-electron chi connectivity index (χ1n) is 12.8. The van der Waals surface area contributed by atoms with Crippen LogP contribution in [-0.4, -0.2) is 48.2 Å². The maximum Gasteiger partial charge on any atom is 0.434 e. The second kappa shape index (κ2) is 10.7. The van der Waals surface area contributed by atoms with Crippen LogP contribution in [-0.2, 0) is 12.8 Å². The lowest BCUT2D eigenvalue weighted by Crippen LogP contribution is -2.09. The lowest BCUT2D eigenvalue weighted by atomic mass is 10.1. The van der Waals surface area contributed by atoms with Crippen LogP contribution in [0.1, 0.15) is 54.6 Å². The number of ether oxygens (including phenoxy) is 3. The van der Waals surface area contributed by atoms with Crippen LogP contribution in [0.2, 0.25) is 0 Å². The molecule has 0 atom stereocenters. The summed E-state index contributed by atoms with van der Waals surface area (Å²) < 4.78 is 98.1. The van der Waals surface area contributed by atoms with Crippen LogP contribution in [0.15, 0.2) is 31.0 Å². The van der Waals surface area contributed by atoms with E-state index in [0.29, 0.717) is 18.5 Å². The third kappa shape index (κ3) is 5.65. The Labute approximate surface area is 233 Å². The zero-order valence-corrected chi connectivity index (χ0v) is 21.8. The number of alkyl halides is 5. The summed E-state index contributed by atoms with van der Waals surface area (Å²) in [7, 11) is 1.34. The van der Waals surface area contributed by atoms with Gasteiger partial charge in [-0.1, -0.05) is 0 Å². The van der Waals surface area contributed by atoms with Gasteiger partial charge in [0, 0.05) is 29.9 Å². The molecule has 42 heavy (non-hydrogen) atoms. The molecule has 6 rings (SSSR count). The van der Waals surface area contributed by atoms with E-state index in [2.05, 4.69) is 34.6 Å². The minimum absolute atomic E-state index is 0.00776. The third-order valence-electron chi connectivity index (χ3n) is 6.62. The number of pyridine rings is 1. The predicted molar refractivity (Wildman–Crippen MR) is 131 cm³/mol. The molecule has 2 aliphatic carbocycles. The van der Waals surface area contributed by atoms with E-state index in [1.54, 1.807) is 0 Å². The van der Waals surface area contributed by atoms with Crippen molar-refractivity contribution in [3.8, 4) is 40.4 Å². The molecule has 0 N–H and O–H groups in total. The average Bonchev–Trinajstić information content (AvgIpc) is 3.89. The van der Waals surface area contributed by atoms with Gasteiger partial charge in [0.1, 0.15) is 24.2 Å². The molecule has 0 bridgehead atoms. The highest BCUT2D eigenvalue weighted by atomic mass is 19.4. The molecule has 16 heteroatoms. The van der Waals surface area contributed by atoms with E-state index in [1.165, 1.54) is 24.1 Å². The fourth-order valence-electron chi connectivity index (χ4n) is 4.36. The summed E-state index contributed by atoms with van der Waals surface area (Å²) in [5, 5.41) is 0. The van der Waals surface area contributed by atoms with Crippen molar-refractivity contribution in [3.63, 3.8) is 0 Å². The second-order valence-electron chi connectivity index (χ2n) is 9.71. The molecule has 4 aromatic rings. The van der Waals surface area contributed by atoms with Crippen molar-refractivity contribution in [1.82, 2.24) is 34.5 Å². The minimum atomic E-state index is -4.69. The molecule has 0 aliphatic heterocycles. The smallest absolute Gasteiger partial charge is 0.434 e. The zero-order valence-electron chi connectivity index (χ0n) is 21.8. The van der Waals surface area contributed by atoms with E-state index >= 15 is 4.39 Å². The number of rotatable bonds is 10. The Morgan fingerprint density at radius 3 is 2.43 bits per heavy atom. The van der Waals surface area contributed by atoms with Gasteiger partial charge in [-0.25, -0.2) is 29.3 Å². The fourth-order valence-corrected chi connectivity index (χ4v) is 4.36.